The van der Waals surface area contributed by atoms with Gasteiger partial charge in [0, 0.05) is 11.6 Å². The number of halogens is 2. The summed E-state index contributed by atoms with van der Waals surface area (Å²) in [7, 11) is 0. The molecule has 1 heterocycles. The minimum absolute atomic E-state index is 0.230. The van der Waals surface area contributed by atoms with Crippen LogP contribution in [0.5, 0.6) is 0 Å². The van der Waals surface area contributed by atoms with Crippen LogP contribution < -0.4 is 5.73 Å². The Hall–Kier alpha value is -0.840. The zero-order valence-electron chi connectivity index (χ0n) is 10.1. The lowest BCUT2D eigenvalue weighted by Crippen LogP contribution is -2.18. The van der Waals surface area contributed by atoms with Crippen LogP contribution in [0.1, 0.15) is 30.6 Å². The first-order valence-corrected chi connectivity index (χ1v) is 7.02. The third-order valence-electron chi connectivity index (χ3n) is 2.77. The van der Waals surface area contributed by atoms with Gasteiger partial charge in [-0.05, 0) is 40.0 Å². The highest BCUT2D eigenvalue weighted by molar-refractivity contribution is 9.10. The van der Waals surface area contributed by atoms with E-state index < -0.39 is 0 Å². The van der Waals surface area contributed by atoms with E-state index in [9.17, 15) is 0 Å². The van der Waals surface area contributed by atoms with Crippen molar-refractivity contribution in [2.45, 2.75) is 25.9 Å². The molecule has 0 aliphatic rings. The summed E-state index contributed by atoms with van der Waals surface area (Å²) in [6, 6.07) is 7.39. The Morgan fingerprint density at radius 2 is 2.28 bits per heavy atom. The summed E-state index contributed by atoms with van der Waals surface area (Å²) in [5, 5.41) is 5.03. The zero-order chi connectivity index (χ0) is 13.1. The molecule has 1 aromatic heterocycles. The van der Waals surface area contributed by atoms with Gasteiger partial charge in [-0.15, -0.1) is 0 Å². The first-order valence-electron chi connectivity index (χ1n) is 5.85. The molecule has 0 amide bonds. The molecule has 96 valence electrons. The predicted molar refractivity (Wildman–Crippen MR) is 77.7 cm³/mol. The van der Waals surface area contributed by atoms with Crippen molar-refractivity contribution >= 4 is 27.5 Å². The Morgan fingerprint density at radius 1 is 1.50 bits per heavy atom. The SMILES string of the molecule is CCCn1ncc(Br)c1C(N)c1cccc(Cl)c1. The number of rotatable bonds is 4. The molecule has 0 fully saturated rings. The van der Waals surface area contributed by atoms with Crippen molar-refractivity contribution in [1.29, 1.82) is 0 Å². The van der Waals surface area contributed by atoms with Gasteiger partial charge in [0.05, 0.1) is 22.4 Å². The van der Waals surface area contributed by atoms with Crippen molar-refractivity contribution in [3.05, 3.63) is 51.2 Å². The molecule has 2 rings (SSSR count). The van der Waals surface area contributed by atoms with Gasteiger partial charge in [0.15, 0.2) is 0 Å². The highest BCUT2D eigenvalue weighted by Crippen LogP contribution is 2.28. The Bertz CT molecular complexity index is 539. The van der Waals surface area contributed by atoms with Crippen molar-refractivity contribution in [2.24, 2.45) is 5.73 Å². The van der Waals surface area contributed by atoms with Crippen LogP contribution in [0.4, 0.5) is 0 Å². The maximum atomic E-state index is 6.31. The lowest BCUT2D eigenvalue weighted by molar-refractivity contribution is 0.559. The number of nitrogens with two attached hydrogens (primary N) is 1. The van der Waals surface area contributed by atoms with Gasteiger partial charge in [-0.1, -0.05) is 30.7 Å². The minimum Gasteiger partial charge on any atom is -0.319 e. The lowest BCUT2D eigenvalue weighted by atomic mass is 10.0. The summed E-state index contributed by atoms with van der Waals surface area (Å²) in [5.74, 6) is 0. The maximum absolute atomic E-state index is 6.31. The van der Waals surface area contributed by atoms with Crippen LogP contribution in [-0.4, -0.2) is 9.78 Å². The molecule has 0 aliphatic heterocycles. The molecule has 0 radical (unpaired) electrons. The predicted octanol–water partition coefficient (Wildman–Crippen LogP) is 3.76. The Labute approximate surface area is 120 Å². The van der Waals surface area contributed by atoms with Crippen LogP contribution in [0.25, 0.3) is 0 Å². The van der Waals surface area contributed by atoms with Gasteiger partial charge in [0.2, 0.25) is 0 Å². The van der Waals surface area contributed by atoms with E-state index in [0.29, 0.717) is 5.02 Å². The van der Waals surface area contributed by atoms with Crippen LogP contribution in [0, 0.1) is 0 Å². The smallest absolute Gasteiger partial charge is 0.0738 e. The van der Waals surface area contributed by atoms with Gasteiger partial charge in [-0.3, -0.25) is 4.68 Å². The van der Waals surface area contributed by atoms with Crippen LogP contribution in [0.3, 0.4) is 0 Å². The number of nitrogens with zero attached hydrogens (tertiary/aromatic N) is 2. The molecule has 18 heavy (non-hydrogen) atoms. The van der Waals surface area contributed by atoms with E-state index in [2.05, 4.69) is 28.0 Å². The van der Waals surface area contributed by atoms with Crippen molar-refractivity contribution in [3.8, 4) is 0 Å². The molecule has 1 unspecified atom stereocenters. The molecule has 2 N–H and O–H groups in total. The summed E-state index contributed by atoms with van der Waals surface area (Å²) in [6.07, 6.45) is 2.80. The van der Waals surface area contributed by atoms with Gasteiger partial charge in [0.25, 0.3) is 0 Å². The number of hydrogen-bond acceptors (Lipinski definition) is 2. The van der Waals surface area contributed by atoms with Gasteiger partial charge in [0.1, 0.15) is 0 Å². The van der Waals surface area contributed by atoms with E-state index in [-0.39, 0.29) is 6.04 Å². The Kier molecular flexibility index (Phi) is 4.43. The van der Waals surface area contributed by atoms with Crippen LogP contribution in [-0.2, 0) is 6.54 Å². The third-order valence-corrected chi connectivity index (χ3v) is 3.62. The summed E-state index contributed by atoms with van der Waals surface area (Å²) >= 11 is 9.51. The van der Waals surface area contributed by atoms with Crippen molar-refractivity contribution in [1.82, 2.24) is 9.78 Å². The van der Waals surface area contributed by atoms with Gasteiger partial charge in [-0.25, -0.2) is 0 Å². The van der Waals surface area contributed by atoms with Gasteiger partial charge >= 0.3 is 0 Å². The quantitative estimate of drug-likeness (QED) is 0.928. The topological polar surface area (TPSA) is 43.8 Å². The fourth-order valence-corrected chi connectivity index (χ4v) is 2.67. The van der Waals surface area contributed by atoms with Crippen LogP contribution in [0.2, 0.25) is 5.02 Å². The normalized spacial score (nSPS) is 12.7. The molecular weight excluding hydrogens is 314 g/mol. The zero-order valence-corrected chi connectivity index (χ0v) is 12.4. The summed E-state index contributed by atoms with van der Waals surface area (Å²) < 4.78 is 2.87. The maximum Gasteiger partial charge on any atom is 0.0738 e. The summed E-state index contributed by atoms with van der Waals surface area (Å²) in [4.78, 5) is 0. The third kappa shape index (κ3) is 2.76. The average Bonchev–Trinajstić information content (AvgIpc) is 2.70. The molecule has 3 nitrogen and oxygen atoms in total. The largest absolute Gasteiger partial charge is 0.319 e. The van der Waals surface area contributed by atoms with Crippen LogP contribution in [0.15, 0.2) is 34.9 Å². The first-order chi connectivity index (χ1) is 8.63. The molecule has 0 saturated carbocycles. The number of aromatic nitrogens is 2. The molecule has 0 spiro atoms. The molecular formula is C13H15BrClN3. The first kappa shape index (κ1) is 13.6. The molecule has 5 heteroatoms. The number of benzene rings is 1. The highest BCUT2D eigenvalue weighted by atomic mass is 79.9. The lowest BCUT2D eigenvalue weighted by Gasteiger charge is -2.15. The summed E-state index contributed by atoms with van der Waals surface area (Å²) in [6.45, 7) is 2.97. The Morgan fingerprint density at radius 3 is 2.94 bits per heavy atom. The molecule has 0 bridgehead atoms. The highest BCUT2D eigenvalue weighted by Gasteiger charge is 2.18. The number of aryl methyl sites for hydroxylation is 1. The Balaban J connectivity index is 2.39. The molecule has 2 aromatic rings. The number of hydrogen-bond donors (Lipinski definition) is 1. The molecule has 1 atom stereocenters. The van der Waals surface area contributed by atoms with Crippen LogP contribution >= 0.6 is 27.5 Å². The fourth-order valence-electron chi connectivity index (χ4n) is 1.93. The van der Waals surface area contributed by atoms with Gasteiger partial charge < -0.3 is 5.73 Å². The van der Waals surface area contributed by atoms with Gasteiger partial charge in [-0.2, -0.15) is 5.10 Å². The second-order valence-corrected chi connectivity index (χ2v) is 5.42. The fraction of sp³-hybridized carbons (Fsp3) is 0.308. The average molecular weight is 329 g/mol. The van der Waals surface area contributed by atoms with Crippen molar-refractivity contribution < 1.29 is 0 Å². The van der Waals surface area contributed by atoms with E-state index in [1.165, 1.54) is 0 Å². The standard InChI is InChI=1S/C13H15BrClN3/c1-2-6-18-13(11(14)8-17-18)12(16)9-4-3-5-10(15)7-9/h3-5,7-8,12H,2,6,16H2,1H3. The van der Waals surface area contributed by atoms with E-state index in [1.807, 2.05) is 28.9 Å². The second-order valence-electron chi connectivity index (χ2n) is 4.13. The van der Waals surface area contributed by atoms with Crippen molar-refractivity contribution in [2.75, 3.05) is 0 Å². The molecule has 0 saturated heterocycles. The minimum atomic E-state index is -0.230. The molecule has 0 aliphatic carbocycles. The second kappa shape index (κ2) is 5.87. The molecule has 1 aromatic carbocycles. The van der Waals surface area contributed by atoms with E-state index in [0.717, 1.165) is 28.7 Å². The van der Waals surface area contributed by atoms with E-state index in [4.69, 9.17) is 17.3 Å². The van der Waals surface area contributed by atoms with Crippen molar-refractivity contribution in [3.63, 3.8) is 0 Å². The van der Waals surface area contributed by atoms with E-state index >= 15 is 0 Å². The summed E-state index contributed by atoms with van der Waals surface area (Å²) in [5.41, 5.74) is 8.28. The monoisotopic (exact) mass is 327 g/mol. The van der Waals surface area contributed by atoms with E-state index in [1.54, 1.807) is 6.20 Å².